The molecule has 0 aliphatic rings. The topological polar surface area (TPSA) is 17.8 Å². The van der Waals surface area contributed by atoms with Crippen molar-refractivity contribution in [3.8, 4) is 0 Å². The second-order valence-corrected chi connectivity index (χ2v) is 4.60. The molecule has 2 aromatic heterocycles. The van der Waals surface area contributed by atoms with Gasteiger partial charge in [-0.15, -0.1) is 0 Å². The molecule has 0 bridgehead atoms. The number of fused-ring (bicyclic) bond motifs is 1. The summed E-state index contributed by atoms with van der Waals surface area (Å²) in [5.41, 5.74) is 1.00. The Balaban J connectivity index is 2.81. The Morgan fingerprint density at radius 1 is 1.62 bits per heavy atom. The van der Waals surface area contributed by atoms with E-state index in [1.165, 1.54) is 8.96 Å². The summed E-state index contributed by atoms with van der Waals surface area (Å²) in [6, 6.07) is 2.07. The molecule has 2 aromatic rings. The molecule has 2 heterocycles. The summed E-state index contributed by atoms with van der Waals surface area (Å²) in [7, 11) is 0. The molecule has 0 unspecified atom stereocenters. The minimum absolute atomic E-state index is 0.716. The van der Waals surface area contributed by atoms with Crippen LogP contribution in [0, 0.1) is 10.5 Å². The van der Waals surface area contributed by atoms with Gasteiger partial charge in [0.15, 0.2) is 0 Å². The lowest BCUT2D eigenvalue weighted by Gasteiger charge is -2.01. The Morgan fingerprint density at radius 3 is 3.08 bits per heavy atom. The van der Waals surface area contributed by atoms with Crippen molar-refractivity contribution in [2.45, 2.75) is 6.54 Å². The molecule has 1 radical (unpaired) electrons. The summed E-state index contributed by atoms with van der Waals surface area (Å²) in [5, 5.41) is 1.18. The summed E-state index contributed by atoms with van der Waals surface area (Å²) in [6.45, 7) is 4.56. The van der Waals surface area contributed by atoms with Gasteiger partial charge in [0.1, 0.15) is 5.65 Å². The van der Waals surface area contributed by atoms with Gasteiger partial charge < -0.3 is 4.57 Å². The molecule has 67 valence electrons. The maximum Gasteiger partial charge on any atom is 0.140 e. The number of rotatable bonds is 1. The molecule has 2 rings (SSSR count). The fourth-order valence-electron chi connectivity index (χ4n) is 1.26. The number of halogens is 2. The average Bonchev–Trinajstić information content (AvgIpc) is 2.55. The van der Waals surface area contributed by atoms with Gasteiger partial charge in [-0.05, 0) is 51.5 Å². The first-order valence-corrected chi connectivity index (χ1v) is 5.69. The molecule has 0 atom stereocenters. The molecule has 0 saturated heterocycles. The van der Waals surface area contributed by atoms with Crippen LogP contribution < -0.4 is 0 Å². The fourth-order valence-corrected chi connectivity index (χ4v) is 2.14. The van der Waals surface area contributed by atoms with Gasteiger partial charge in [0.25, 0.3) is 0 Å². The minimum atomic E-state index is 0.716. The van der Waals surface area contributed by atoms with Crippen molar-refractivity contribution in [2.24, 2.45) is 0 Å². The molecule has 0 amide bonds. The van der Waals surface area contributed by atoms with Crippen LogP contribution in [0.5, 0.6) is 0 Å². The van der Waals surface area contributed by atoms with Crippen molar-refractivity contribution in [1.29, 1.82) is 0 Å². The van der Waals surface area contributed by atoms with E-state index in [-0.39, 0.29) is 0 Å². The zero-order valence-corrected chi connectivity index (χ0v) is 10.5. The van der Waals surface area contributed by atoms with E-state index >= 15 is 0 Å². The Labute approximate surface area is 98.6 Å². The first-order valence-electron chi connectivity index (χ1n) is 3.82. The van der Waals surface area contributed by atoms with Crippen LogP contribution >= 0.6 is 38.5 Å². The van der Waals surface area contributed by atoms with Crippen LogP contribution in [0.15, 0.2) is 22.9 Å². The second-order valence-electron chi connectivity index (χ2n) is 2.67. The molecule has 2 nitrogen and oxygen atoms in total. The van der Waals surface area contributed by atoms with Crippen LogP contribution in [0.3, 0.4) is 0 Å². The summed E-state index contributed by atoms with van der Waals surface area (Å²) in [4.78, 5) is 4.34. The normalized spacial score (nSPS) is 11.0. The number of nitrogens with zero attached hydrogens (tertiary/aromatic N) is 2. The smallest absolute Gasteiger partial charge is 0.140 e. The predicted octanol–water partition coefficient (Wildman–Crippen LogP) is 3.24. The summed E-state index contributed by atoms with van der Waals surface area (Å²) >= 11 is 5.76. The largest absolute Gasteiger partial charge is 0.332 e. The SMILES string of the molecule is [CH2]Cn1ccc2c(I)c(Br)cnc21. The average molecular weight is 350 g/mol. The molecular formula is C9H7BrIN2. The van der Waals surface area contributed by atoms with E-state index in [0.717, 1.165) is 10.1 Å². The van der Waals surface area contributed by atoms with E-state index in [1.807, 2.05) is 17.0 Å². The van der Waals surface area contributed by atoms with Crippen LogP contribution in [0.1, 0.15) is 0 Å². The number of aromatic nitrogens is 2. The zero-order valence-electron chi connectivity index (χ0n) is 6.80. The molecular weight excluding hydrogens is 343 g/mol. The number of pyridine rings is 1. The maximum atomic E-state index is 4.34. The van der Waals surface area contributed by atoms with Gasteiger partial charge in [-0.25, -0.2) is 4.98 Å². The molecule has 0 spiro atoms. The van der Waals surface area contributed by atoms with Crippen LogP contribution in [-0.2, 0) is 6.54 Å². The summed E-state index contributed by atoms with van der Waals surface area (Å²) in [6.07, 6.45) is 3.84. The first kappa shape index (κ1) is 9.45. The van der Waals surface area contributed by atoms with E-state index in [0.29, 0.717) is 6.54 Å². The first-order chi connectivity index (χ1) is 6.24. The lowest BCUT2D eigenvalue weighted by molar-refractivity contribution is 0.847. The van der Waals surface area contributed by atoms with Crippen LogP contribution in [0.4, 0.5) is 0 Å². The quantitative estimate of drug-likeness (QED) is 0.723. The van der Waals surface area contributed by atoms with E-state index in [4.69, 9.17) is 0 Å². The maximum absolute atomic E-state index is 4.34. The molecule has 0 saturated carbocycles. The van der Waals surface area contributed by atoms with Crippen molar-refractivity contribution in [2.75, 3.05) is 0 Å². The van der Waals surface area contributed by atoms with Crippen molar-refractivity contribution in [3.05, 3.63) is 33.4 Å². The molecule has 0 aliphatic heterocycles. The predicted molar refractivity (Wildman–Crippen MR) is 65.5 cm³/mol. The zero-order chi connectivity index (χ0) is 9.42. The molecule has 0 aromatic carbocycles. The second kappa shape index (κ2) is 3.57. The van der Waals surface area contributed by atoms with Crippen LogP contribution in [-0.4, -0.2) is 9.55 Å². The summed E-state index contributed by atoms with van der Waals surface area (Å²) in [5.74, 6) is 0. The molecule has 0 aliphatic carbocycles. The summed E-state index contributed by atoms with van der Waals surface area (Å²) < 4.78 is 4.28. The van der Waals surface area contributed by atoms with E-state index in [1.54, 1.807) is 0 Å². The van der Waals surface area contributed by atoms with Gasteiger partial charge in [-0.3, -0.25) is 0 Å². The van der Waals surface area contributed by atoms with Gasteiger partial charge in [0.2, 0.25) is 0 Å². The highest BCUT2D eigenvalue weighted by Gasteiger charge is 2.06. The van der Waals surface area contributed by atoms with Crippen molar-refractivity contribution >= 4 is 49.6 Å². The van der Waals surface area contributed by atoms with Crippen LogP contribution in [0.2, 0.25) is 0 Å². The van der Waals surface area contributed by atoms with Crippen molar-refractivity contribution < 1.29 is 0 Å². The third kappa shape index (κ3) is 1.50. The molecule has 0 N–H and O–H groups in total. The van der Waals surface area contributed by atoms with Crippen molar-refractivity contribution in [3.63, 3.8) is 0 Å². The van der Waals surface area contributed by atoms with Gasteiger partial charge in [-0.2, -0.15) is 0 Å². The van der Waals surface area contributed by atoms with E-state index in [9.17, 15) is 0 Å². The Bertz CT molecular complexity index is 450. The standard InChI is InChI=1S/C9H7BrIN2/c1-2-13-4-3-6-8(11)7(10)5-12-9(6)13/h3-5H,1-2H2. The highest BCUT2D eigenvalue weighted by molar-refractivity contribution is 14.1. The Hall–Kier alpha value is -0.100. The third-order valence-electron chi connectivity index (χ3n) is 1.92. The highest BCUT2D eigenvalue weighted by Crippen LogP contribution is 2.26. The van der Waals surface area contributed by atoms with E-state index < -0.39 is 0 Å². The van der Waals surface area contributed by atoms with Gasteiger partial charge in [0.05, 0.1) is 0 Å². The third-order valence-corrected chi connectivity index (χ3v) is 4.43. The van der Waals surface area contributed by atoms with Gasteiger partial charge >= 0.3 is 0 Å². The lowest BCUT2D eigenvalue weighted by Crippen LogP contribution is -1.93. The molecule has 13 heavy (non-hydrogen) atoms. The lowest BCUT2D eigenvalue weighted by atomic mass is 10.3. The Kier molecular flexibility index (Phi) is 2.60. The van der Waals surface area contributed by atoms with E-state index in [2.05, 4.69) is 56.5 Å². The monoisotopic (exact) mass is 349 g/mol. The van der Waals surface area contributed by atoms with Crippen molar-refractivity contribution in [1.82, 2.24) is 9.55 Å². The van der Waals surface area contributed by atoms with Gasteiger partial charge in [0, 0.05) is 32.4 Å². The molecule has 4 heteroatoms. The number of hydrogen-bond donors (Lipinski definition) is 0. The fraction of sp³-hybridized carbons (Fsp3) is 0.111. The molecule has 0 fully saturated rings. The minimum Gasteiger partial charge on any atom is -0.332 e. The highest BCUT2D eigenvalue weighted by atomic mass is 127. The Morgan fingerprint density at radius 2 is 2.38 bits per heavy atom. The number of hydrogen-bond acceptors (Lipinski definition) is 1. The van der Waals surface area contributed by atoms with Gasteiger partial charge in [-0.1, -0.05) is 0 Å². The van der Waals surface area contributed by atoms with Crippen LogP contribution in [0.25, 0.3) is 11.0 Å².